The molecule has 3 amide bonds. The smallest absolute Gasteiger partial charge is 0.320 e. The predicted molar refractivity (Wildman–Crippen MR) is 101 cm³/mol. The van der Waals surface area contributed by atoms with Crippen LogP contribution in [-0.2, 0) is 11.3 Å². The van der Waals surface area contributed by atoms with Gasteiger partial charge in [0.05, 0.1) is 6.54 Å². The lowest BCUT2D eigenvalue weighted by Gasteiger charge is -2.36. The second-order valence-electron chi connectivity index (χ2n) is 6.49. The molecule has 1 aromatic carbocycles. The third-order valence-electron chi connectivity index (χ3n) is 4.58. The van der Waals surface area contributed by atoms with Crippen LogP contribution in [0.3, 0.4) is 0 Å². The van der Waals surface area contributed by atoms with E-state index in [9.17, 15) is 14.0 Å². The van der Waals surface area contributed by atoms with Crippen LogP contribution in [0.15, 0.2) is 41.8 Å². The summed E-state index contributed by atoms with van der Waals surface area (Å²) in [7, 11) is 0. The second kappa shape index (κ2) is 8.31. The van der Waals surface area contributed by atoms with Crippen LogP contribution in [0.4, 0.5) is 14.9 Å². The van der Waals surface area contributed by atoms with E-state index in [2.05, 4.69) is 16.0 Å². The lowest BCUT2D eigenvalue weighted by atomic mass is 9.81. The van der Waals surface area contributed by atoms with Gasteiger partial charge in [-0.1, -0.05) is 31.4 Å². The molecule has 138 valence electrons. The third kappa shape index (κ3) is 4.60. The SMILES string of the molecule is O=C(Nc1cccc(F)c1)NC1(C(=O)NCc2cccs2)CCCCC1. The van der Waals surface area contributed by atoms with Crippen molar-refractivity contribution in [1.82, 2.24) is 10.6 Å². The summed E-state index contributed by atoms with van der Waals surface area (Å²) in [6.45, 7) is 0.450. The van der Waals surface area contributed by atoms with Crippen molar-refractivity contribution < 1.29 is 14.0 Å². The summed E-state index contributed by atoms with van der Waals surface area (Å²) in [5.74, 6) is -0.594. The Morgan fingerprint density at radius 2 is 1.92 bits per heavy atom. The van der Waals surface area contributed by atoms with E-state index in [0.717, 1.165) is 24.1 Å². The monoisotopic (exact) mass is 375 g/mol. The van der Waals surface area contributed by atoms with E-state index in [1.165, 1.54) is 18.2 Å². The molecule has 2 aromatic rings. The number of benzene rings is 1. The molecule has 0 bridgehead atoms. The molecular formula is C19H22FN3O2S. The Hall–Kier alpha value is -2.41. The first-order chi connectivity index (χ1) is 12.6. The average Bonchev–Trinajstić information content (AvgIpc) is 3.14. The number of anilines is 1. The minimum Gasteiger partial charge on any atom is -0.349 e. The highest BCUT2D eigenvalue weighted by Gasteiger charge is 2.40. The van der Waals surface area contributed by atoms with Crippen molar-refractivity contribution in [3.8, 4) is 0 Å². The Bertz CT molecular complexity index is 758. The maximum atomic E-state index is 13.3. The Balaban J connectivity index is 1.66. The summed E-state index contributed by atoms with van der Waals surface area (Å²) in [6.07, 6.45) is 4.01. The van der Waals surface area contributed by atoms with Gasteiger partial charge >= 0.3 is 6.03 Å². The van der Waals surface area contributed by atoms with Crippen LogP contribution < -0.4 is 16.0 Å². The van der Waals surface area contributed by atoms with Gasteiger partial charge in [0.1, 0.15) is 11.4 Å². The van der Waals surface area contributed by atoms with E-state index in [1.54, 1.807) is 17.4 Å². The van der Waals surface area contributed by atoms with E-state index in [1.807, 2.05) is 17.5 Å². The van der Waals surface area contributed by atoms with Crippen LogP contribution >= 0.6 is 11.3 Å². The molecule has 1 fully saturated rings. The van der Waals surface area contributed by atoms with Crippen molar-refractivity contribution in [3.63, 3.8) is 0 Å². The predicted octanol–water partition coefficient (Wildman–Crippen LogP) is 4.03. The molecule has 0 atom stereocenters. The molecule has 1 saturated carbocycles. The van der Waals surface area contributed by atoms with E-state index >= 15 is 0 Å². The molecule has 1 aliphatic rings. The Kier molecular flexibility index (Phi) is 5.88. The van der Waals surface area contributed by atoms with Gasteiger partial charge in [-0.25, -0.2) is 9.18 Å². The summed E-state index contributed by atoms with van der Waals surface area (Å²) in [6, 6.07) is 9.08. The van der Waals surface area contributed by atoms with Gasteiger partial charge in [0.15, 0.2) is 0 Å². The summed E-state index contributed by atoms with van der Waals surface area (Å²) >= 11 is 1.58. The Morgan fingerprint density at radius 1 is 1.12 bits per heavy atom. The maximum absolute atomic E-state index is 13.3. The zero-order valence-electron chi connectivity index (χ0n) is 14.4. The van der Waals surface area contributed by atoms with Crippen molar-refractivity contribution >= 4 is 29.0 Å². The minimum atomic E-state index is -0.924. The first kappa shape index (κ1) is 18.4. The first-order valence-electron chi connectivity index (χ1n) is 8.73. The van der Waals surface area contributed by atoms with Crippen LogP contribution in [0.5, 0.6) is 0 Å². The molecule has 0 radical (unpaired) electrons. The lowest BCUT2D eigenvalue weighted by molar-refractivity contribution is -0.128. The molecule has 1 heterocycles. The Labute approximate surface area is 156 Å². The molecular weight excluding hydrogens is 353 g/mol. The molecule has 26 heavy (non-hydrogen) atoms. The molecule has 0 spiro atoms. The highest BCUT2D eigenvalue weighted by molar-refractivity contribution is 7.09. The van der Waals surface area contributed by atoms with Crippen LogP contribution in [0.1, 0.15) is 37.0 Å². The fraction of sp³-hybridized carbons (Fsp3) is 0.368. The molecule has 1 aromatic heterocycles. The zero-order valence-corrected chi connectivity index (χ0v) is 15.2. The van der Waals surface area contributed by atoms with E-state index in [-0.39, 0.29) is 5.91 Å². The summed E-state index contributed by atoms with van der Waals surface area (Å²) in [5.41, 5.74) is -0.570. The lowest BCUT2D eigenvalue weighted by Crippen LogP contribution is -2.60. The average molecular weight is 375 g/mol. The highest BCUT2D eigenvalue weighted by Crippen LogP contribution is 2.29. The van der Waals surface area contributed by atoms with Gasteiger partial charge in [-0.05, 0) is 42.5 Å². The van der Waals surface area contributed by atoms with E-state index < -0.39 is 17.4 Å². The quantitative estimate of drug-likeness (QED) is 0.738. The van der Waals surface area contributed by atoms with Crippen LogP contribution in [-0.4, -0.2) is 17.5 Å². The number of carbonyl (C=O) groups excluding carboxylic acids is 2. The second-order valence-corrected chi connectivity index (χ2v) is 7.53. The van der Waals surface area contributed by atoms with E-state index in [0.29, 0.717) is 25.1 Å². The summed E-state index contributed by atoms with van der Waals surface area (Å²) < 4.78 is 13.3. The zero-order chi connectivity index (χ0) is 18.4. The third-order valence-corrected chi connectivity index (χ3v) is 5.46. The number of amides is 3. The fourth-order valence-electron chi connectivity index (χ4n) is 3.26. The number of hydrogen-bond donors (Lipinski definition) is 3. The van der Waals surface area contributed by atoms with Gasteiger partial charge in [0.25, 0.3) is 0 Å². The number of rotatable bonds is 5. The number of hydrogen-bond acceptors (Lipinski definition) is 3. The number of thiophene rings is 1. The van der Waals surface area contributed by atoms with E-state index in [4.69, 9.17) is 0 Å². The first-order valence-corrected chi connectivity index (χ1v) is 9.61. The van der Waals surface area contributed by atoms with Crippen molar-refractivity contribution in [2.45, 2.75) is 44.2 Å². The number of urea groups is 1. The molecule has 3 N–H and O–H groups in total. The number of carbonyl (C=O) groups is 2. The maximum Gasteiger partial charge on any atom is 0.320 e. The normalized spacial score (nSPS) is 15.9. The van der Waals surface area contributed by atoms with Gasteiger partial charge in [-0.2, -0.15) is 0 Å². The highest BCUT2D eigenvalue weighted by atomic mass is 32.1. The molecule has 3 rings (SSSR count). The molecule has 0 saturated heterocycles. The Morgan fingerprint density at radius 3 is 2.62 bits per heavy atom. The largest absolute Gasteiger partial charge is 0.349 e. The molecule has 5 nitrogen and oxygen atoms in total. The van der Waals surface area contributed by atoms with Crippen LogP contribution in [0.25, 0.3) is 0 Å². The van der Waals surface area contributed by atoms with Crippen LogP contribution in [0, 0.1) is 5.82 Å². The van der Waals surface area contributed by atoms with Crippen molar-refractivity contribution in [2.24, 2.45) is 0 Å². The van der Waals surface area contributed by atoms with Gasteiger partial charge in [0, 0.05) is 10.6 Å². The van der Waals surface area contributed by atoms with Gasteiger partial charge in [-0.3, -0.25) is 4.79 Å². The number of halogens is 1. The van der Waals surface area contributed by atoms with Crippen molar-refractivity contribution in [2.75, 3.05) is 5.32 Å². The molecule has 0 aliphatic heterocycles. The van der Waals surface area contributed by atoms with Gasteiger partial charge in [-0.15, -0.1) is 11.3 Å². The van der Waals surface area contributed by atoms with Crippen LogP contribution in [0.2, 0.25) is 0 Å². The van der Waals surface area contributed by atoms with Crippen molar-refractivity contribution in [1.29, 1.82) is 0 Å². The van der Waals surface area contributed by atoms with Gasteiger partial charge < -0.3 is 16.0 Å². The van der Waals surface area contributed by atoms with Gasteiger partial charge in [0.2, 0.25) is 5.91 Å². The molecule has 1 aliphatic carbocycles. The fourth-order valence-corrected chi connectivity index (χ4v) is 3.90. The molecule has 7 heteroatoms. The van der Waals surface area contributed by atoms with Crippen molar-refractivity contribution in [3.05, 3.63) is 52.5 Å². The summed E-state index contributed by atoms with van der Waals surface area (Å²) in [4.78, 5) is 26.3. The standard InChI is InChI=1S/C19H22FN3O2S/c20-14-6-4-7-15(12-14)22-18(25)23-19(9-2-1-3-10-19)17(24)21-13-16-8-5-11-26-16/h4-8,11-12H,1-3,9-10,13H2,(H,21,24)(H2,22,23,25). The molecule has 0 unspecified atom stereocenters. The minimum absolute atomic E-state index is 0.167. The topological polar surface area (TPSA) is 70.2 Å². The summed E-state index contributed by atoms with van der Waals surface area (Å²) in [5, 5.41) is 10.4. The number of nitrogens with one attached hydrogen (secondary N) is 3.